The molecule has 7 heteroatoms. The predicted octanol–water partition coefficient (Wildman–Crippen LogP) is 1.57. The summed E-state index contributed by atoms with van der Waals surface area (Å²) in [5.41, 5.74) is 1.17. The van der Waals surface area contributed by atoms with Gasteiger partial charge in [-0.05, 0) is 34.0 Å². The van der Waals surface area contributed by atoms with E-state index in [1.54, 1.807) is 7.11 Å². The van der Waals surface area contributed by atoms with Gasteiger partial charge in [0, 0.05) is 37.8 Å². The van der Waals surface area contributed by atoms with E-state index < -0.39 is 0 Å². The molecule has 0 aromatic heterocycles. The largest absolute Gasteiger partial charge is 0.496 e. The van der Waals surface area contributed by atoms with Crippen LogP contribution in [0.1, 0.15) is 25.5 Å². The molecule has 1 aliphatic heterocycles. The summed E-state index contributed by atoms with van der Waals surface area (Å²) in [5, 5.41) is 6.87. The zero-order valence-electron chi connectivity index (χ0n) is 18.1. The minimum absolute atomic E-state index is 0.177. The van der Waals surface area contributed by atoms with Gasteiger partial charge in [0.25, 0.3) is 0 Å². The van der Waals surface area contributed by atoms with Crippen molar-refractivity contribution >= 4 is 5.96 Å². The van der Waals surface area contributed by atoms with Crippen LogP contribution in [0.25, 0.3) is 0 Å². The molecule has 0 radical (unpaired) electrons. The minimum Gasteiger partial charge on any atom is -0.496 e. The molecule has 0 saturated carbocycles. The second-order valence-electron chi connectivity index (χ2n) is 7.32. The first-order chi connectivity index (χ1) is 13.6. The van der Waals surface area contributed by atoms with Gasteiger partial charge in [-0.2, -0.15) is 0 Å². The van der Waals surface area contributed by atoms with E-state index >= 15 is 0 Å². The maximum absolute atomic E-state index is 5.56. The van der Waals surface area contributed by atoms with E-state index in [-0.39, 0.29) is 6.04 Å². The van der Waals surface area contributed by atoms with Gasteiger partial charge in [0.2, 0.25) is 0 Å². The summed E-state index contributed by atoms with van der Waals surface area (Å²) in [6.45, 7) is 10.3. The Balaban J connectivity index is 2.00. The van der Waals surface area contributed by atoms with Crippen LogP contribution < -0.4 is 15.4 Å². The number of nitrogens with zero attached hydrogens (tertiary/aromatic N) is 3. The van der Waals surface area contributed by atoms with Crippen molar-refractivity contribution in [2.45, 2.75) is 25.9 Å². The molecular formula is C21H37N5O2. The minimum atomic E-state index is 0.177. The van der Waals surface area contributed by atoms with Gasteiger partial charge in [-0.3, -0.25) is 9.89 Å². The maximum Gasteiger partial charge on any atom is 0.191 e. The number of aliphatic imine (C=N–C) groups is 1. The van der Waals surface area contributed by atoms with E-state index in [1.165, 1.54) is 5.56 Å². The molecule has 1 fully saturated rings. The SMILES string of the molecule is CCNC(=NCC(C)N1CCOCC1)NCC(c1ccccc1OC)N(C)C. The molecule has 2 unspecified atom stereocenters. The Kier molecular flexibility index (Phi) is 9.54. The lowest BCUT2D eigenvalue weighted by atomic mass is 10.0. The Morgan fingerprint density at radius 1 is 1.25 bits per heavy atom. The number of hydrogen-bond donors (Lipinski definition) is 2. The van der Waals surface area contributed by atoms with Crippen LogP contribution in [0.4, 0.5) is 0 Å². The average molecular weight is 392 g/mol. The van der Waals surface area contributed by atoms with E-state index in [9.17, 15) is 0 Å². The molecular weight excluding hydrogens is 354 g/mol. The van der Waals surface area contributed by atoms with Crippen LogP contribution in [0.2, 0.25) is 0 Å². The zero-order chi connectivity index (χ0) is 20.4. The number of guanidine groups is 1. The van der Waals surface area contributed by atoms with E-state index in [0.29, 0.717) is 6.04 Å². The summed E-state index contributed by atoms with van der Waals surface area (Å²) < 4.78 is 11.0. The summed E-state index contributed by atoms with van der Waals surface area (Å²) in [5.74, 6) is 1.76. The van der Waals surface area contributed by atoms with Crippen LogP contribution in [0.5, 0.6) is 5.75 Å². The summed E-state index contributed by atoms with van der Waals surface area (Å²) in [7, 11) is 5.89. The number of methoxy groups -OCH3 is 1. The van der Waals surface area contributed by atoms with Gasteiger partial charge in [-0.15, -0.1) is 0 Å². The number of ether oxygens (including phenoxy) is 2. The topological polar surface area (TPSA) is 61.4 Å². The molecule has 2 N–H and O–H groups in total. The third-order valence-corrected chi connectivity index (χ3v) is 5.11. The van der Waals surface area contributed by atoms with E-state index in [2.05, 4.69) is 60.5 Å². The van der Waals surface area contributed by atoms with Crippen molar-refractivity contribution in [3.63, 3.8) is 0 Å². The number of para-hydroxylation sites is 1. The van der Waals surface area contributed by atoms with Crippen LogP contribution in [0, 0.1) is 0 Å². The van der Waals surface area contributed by atoms with E-state index in [0.717, 1.165) is 57.6 Å². The Bertz CT molecular complexity index is 602. The first kappa shape index (κ1) is 22.5. The van der Waals surface area contributed by atoms with Crippen LogP contribution >= 0.6 is 0 Å². The number of benzene rings is 1. The van der Waals surface area contributed by atoms with Crippen LogP contribution in [0.15, 0.2) is 29.3 Å². The first-order valence-corrected chi connectivity index (χ1v) is 10.2. The highest BCUT2D eigenvalue weighted by molar-refractivity contribution is 5.79. The molecule has 2 rings (SSSR count). The Labute approximate surface area is 170 Å². The van der Waals surface area contributed by atoms with Gasteiger partial charge < -0.3 is 25.0 Å². The number of hydrogen-bond acceptors (Lipinski definition) is 5. The summed E-state index contributed by atoms with van der Waals surface area (Å²) in [6, 6.07) is 8.76. The second-order valence-corrected chi connectivity index (χ2v) is 7.32. The van der Waals surface area contributed by atoms with Gasteiger partial charge in [-0.25, -0.2) is 0 Å². The Morgan fingerprint density at radius 2 is 1.96 bits per heavy atom. The predicted molar refractivity (Wildman–Crippen MR) is 115 cm³/mol. The molecule has 1 aliphatic rings. The molecule has 1 saturated heterocycles. The third-order valence-electron chi connectivity index (χ3n) is 5.11. The molecule has 0 spiro atoms. The summed E-state index contributed by atoms with van der Waals surface area (Å²) in [4.78, 5) is 9.46. The first-order valence-electron chi connectivity index (χ1n) is 10.2. The van der Waals surface area contributed by atoms with Crippen LogP contribution in [-0.2, 0) is 4.74 Å². The lowest BCUT2D eigenvalue weighted by Crippen LogP contribution is -2.45. The van der Waals surface area contributed by atoms with Crippen molar-refractivity contribution in [1.29, 1.82) is 0 Å². The number of likely N-dealkylation sites (N-methyl/N-ethyl adjacent to an activating group) is 1. The highest BCUT2D eigenvalue weighted by Crippen LogP contribution is 2.27. The van der Waals surface area contributed by atoms with Gasteiger partial charge in [-0.1, -0.05) is 18.2 Å². The molecule has 0 amide bonds. The van der Waals surface area contributed by atoms with Gasteiger partial charge in [0.1, 0.15) is 5.75 Å². The summed E-state index contributed by atoms with van der Waals surface area (Å²) >= 11 is 0. The molecule has 0 bridgehead atoms. The van der Waals surface area contributed by atoms with Crippen molar-refractivity contribution in [3.8, 4) is 5.75 Å². The highest BCUT2D eigenvalue weighted by atomic mass is 16.5. The fourth-order valence-corrected chi connectivity index (χ4v) is 3.40. The Morgan fingerprint density at radius 3 is 2.61 bits per heavy atom. The molecule has 1 heterocycles. The van der Waals surface area contributed by atoms with Gasteiger partial charge in [0.15, 0.2) is 5.96 Å². The Hall–Kier alpha value is -1.83. The lowest BCUT2D eigenvalue weighted by molar-refractivity contribution is 0.0220. The second kappa shape index (κ2) is 11.9. The zero-order valence-corrected chi connectivity index (χ0v) is 18.1. The number of nitrogens with one attached hydrogen (secondary N) is 2. The number of rotatable bonds is 9. The van der Waals surface area contributed by atoms with Crippen LogP contribution in [0.3, 0.4) is 0 Å². The van der Waals surface area contributed by atoms with Gasteiger partial charge in [0.05, 0.1) is 32.9 Å². The van der Waals surface area contributed by atoms with Crippen molar-refractivity contribution in [2.75, 3.05) is 67.1 Å². The van der Waals surface area contributed by atoms with Crippen molar-refractivity contribution in [1.82, 2.24) is 20.4 Å². The van der Waals surface area contributed by atoms with E-state index in [4.69, 9.17) is 14.5 Å². The molecule has 2 atom stereocenters. The highest BCUT2D eigenvalue weighted by Gasteiger charge is 2.19. The fraction of sp³-hybridized carbons (Fsp3) is 0.667. The van der Waals surface area contributed by atoms with Crippen molar-refractivity contribution in [2.24, 2.45) is 4.99 Å². The lowest BCUT2D eigenvalue weighted by Gasteiger charge is -2.31. The molecule has 1 aromatic carbocycles. The molecule has 1 aromatic rings. The number of morpholine rings is 1. The molecule has 0 aliphatic carbocycles. The quantitative estimate of drug-likeness (QED) is 0.492. The van der Waals surface area contributed by atoms with Crippen molar-refractivity contribution < 1.29 is 9.47 Å². The van der Waals surface area contributed by atoms with Gasteiger partial charge >= 0.3 is 0 Å². The normalized spacial score (nSPS) is 18.0. The third kappa shape index (κ3) is 6.65. The fourth-order valence-electron chi connectivity index (χ4n) is 3.40. The standard InChI is InChI=1S/C21H37N5O2/c1-6-22-21(23-15-17(2)26-11-13-28-14-12-26)24-16-19(25(3)4)18-9-7-8-10-20(18)27-5/h7-10,17,19H,6,11-16H2,1-5H3,(H2,22,23,24). The molecule has 28 heavy (non-hydrogen) atoms. The van der Waals surface area contributed by atoms with E-state index in [1.807, 2.05) is 12.1 Å². The average Bonchev–Trinajstić information content (AvgIpc) is 2.72. The van der Waals surface area contributed by atoms with Crippen molar-refractivity contribution in [3.05, 3.63) is 29.8 Å². The molecule has 158 valence electrons. The summed E-state index contributed by atoms with van der Waals surface area (Å²) in [6.07, 6.45) is 0. The smallest absolute Gasteiger partial charge is 0.191 e. The monoisotopic (exact) mass is 391 g/mol. The van der Waals surface area contributed by atoms with Crippen LogP contribution in [-0.4, -0.2) is 88.9 Å². The maximum atomic E-state index is 5.56. The molecule has 7 nitrogen and oxygen atoms in total.